The molecule has 0 aromatic rings. The summed E-state index contributed by atoms with van der Waals surface area (Å²) < 4.78 is 3.85. The Morgan fingerprint density at radius 1 is 1.00 bits per heavy atom. The summed E-state index contributed by atoms with van der Waals surface area (Å²) >= 11 is -1.26. The summed E-state index contributed by atoms with van der Waals surface area (Å²) in [6.07, 6.45) is 13.3. The molecule has 0 aromatic carbocycles. The van der Waals surface area contributed by atoms with E-state index in [-0.39, 0.29) is 31.0 Å². The van der Waals surface area contributed by atoms with Gasteiger partial charge in [0.05, 0.1) is 0 Å². The van der Waals surface area contributed by atoms with Gasteiger partial charge >= 0.3 is 144 Å². The molecule has 0 radical (unpaired) electrons. The minimum Gasteiger partial charge on any atom is -1.00 e. The number of rotatable bonds is 6. The van der Waals surface area contributed by atoms with Crippen molar-refractivity contribution in [3.63, 3.8) is 0 Å². The summed E-state index contributed by atoms with van der Waals surface area (Å²) in [5.41, 5.74) is 5.36. The number of hydrogen-bond donors (Lipinski definition) is 0. The molecule has 4 heteroatoms. The molecule has 1 atom stereocenters. The van der Waals surface area contributed by atoms with Crippen molar-refractivity contribution < 1.29 is 41.4 Å². The Kier molecular flexibility index (Phi) is 11.5. The van der Waals surface area contributed by atoms with E-state index in [4.69, 9.17) is 0 Å². The molecule has 2 aliphatic carbocycles. The van der Waals surface area contributed by atoms with Crippen LogP contribution in [0.3, 0.4) is 0 Å². The van der Waals surface area contributed by atoms with Crippen LogP contribution in [-0.2, 0) is 16.6 Å². The third kappa shape index (κ3) is 4.60. The first kappa shape index (κ1) is 24.5. The van der Waals surface area contributed by atoms with E-state index in [0.29, 0.717) is 0 Å². The second-order valence-corrected chi connectivity index (χ2v) is 18.4. The molecule has 0 nitrogen and oxygen atoms in total. The van der Waals surface area contributed by atoms with E-state index in [2.05, 4.69) is 59.0 Å². The minimum atomic E-state index is -1.26. The van der Waals surface area contributed by atoms with E-state index in [9.17, 15) is 0 Å². The van der Waals surface area contributed by atoms with E-state index in [0.717, 1.165) is 5.92 Å². The van der Waals surface area contributed by atoms with Crippen molar-refractivity contribution in [2.75, 3.05) is 0 Å². The van der Waals surface area contributed by atoms with E-state index >= 15 is 0 Å². The molecule has 0 saturated heterocycles. The molecular formula is C20H32Cl2SiTi. The summed E-state index contributed by atoms with van der Waals surface area (Å²) in [7, 11) is 0. The first-order chi connectivity index (χ1) is 10.6. The Morgan fingerprint density at radius 2 is 1.62 bits per heavy atom. The van der Waals surface area contributed by atoms with Gasteiger partial charge in [-0.15, -0.1) is 0 Å². The average Bonchev–Trinajstić information content (AvgIpc) is 3.12. The van der Waals surface area contributed by atoms with Crippen LogP contribution in [0.2, 0.25) is 13.1 Å². The molecule has 2 rings (SSSR count). The predicted octanol–water partition coefficient (Wildman–Crippen LogP) is 0.528. The SMILES string of the molecule is CCC1=C(CC)C(CC)[C]([Ti+2]([C]2=CC=CC2)=[Si](C)C)=C1CC.[Cl-].[Cl-]. The van der Waals surface area contributed by atoms with Gasteiger partial charge in [-0.3, -0.25) is 0 Å². The minimum absolute atomic E-state index is 0. The second-order valence-electron chi connectivity index (χ2n) is 6.62. The van der Waals surface area contributed by atoms with Gasteiger partial charge in [0.15, 0.2) is 0 Å². The number of hydrogen-bond acceptors (Lipinski definition) is 0. The molecule has 24 heavy (non-hydrogen) atoms. The van der Waals surface area contributed by atoms with Crippen molar-refractivity contribution in [2.24, 2.45) is 5.92 Å². The van der Waals surface area contributed by atoms with Crippen molar-refractivity contribution in [3.8, 4) is 0 Å². The molecule has 0 amide bonds. The molecule has 0 aromatic heterocycles. The van der Waals surface area contributed by atoms with E-state index in [1.54, 1.807) is 16.7 Å². The van der Waals surface area contributed by atoms with Crippen LogP contribution in [0.1, 0.15) is 59.8 Å². The monoisotopic (exact) mass is 418 g/mol. The zero-order valence-electron chi connectivity index (χ0n) is 16.1. The largest absolute Gasteiger partial charge is 1.00 e. The van der Waals surface area contributed by atoms with Crippen LogP contribution in [0.15, 0.2) is 42.7 Å². The molecule has 0 fully saturated rings. The zero-order chi connectivity index (χ0) is 16.3. The van der Waals surface area contributed by atoms with Crippen molar-refractivity contribution in [2.45, 2.75) is 72.9 Å². The van der Waals surface area contributed by atoms with Gasteiger partial charge in [0, 0.05) is 0 Å². The fourth-order valence-corrected chi connectivity index (χ4v) is 16.8. The average molecular weight is 419 g/mol. The van der Waals surface area contributed by atoms with Gasteiger partial charge in [-0.05, 0) is 0 Å². The molecule has 0 saturated carbocycles. The molecule has 0 aliphatic heterocycles. The van der Waals surface area contributed by atoms with Gasteiger partial charge < -0.3 is 24.8 Å². The molecule has 134 valence electrons. The maximum absolute atomic E-state index is 2.59. The standard InChI is InChI=1S/C13H21.C5H5.C2H6Si.2ClH.Ti/c1-5-10-9-11(6-2)13(8-4)12(10)7-3;1-2-4-5-3-1;1-3-2;;;/h10H,5-8H2,1-4H3;1-3H,4H2;1-2H3;2*1H;/q;;;;;+2/p-2. The number of allylic oxidation sites excluding steroid dienone is 8. The summed E-state index contributed by atoms with van der Waals surface area (Å²) in [5.74, 6) is 0.797. The maximum Gasteiger partial charge on any atom is -1.00 e. The maximum atomic E-state index is 2.59. The fourth-order valence-electron chi connectivity index (χ4n) is 4.43. The van der Waals surface area contributed by atoms with Crippen LogP contribution < -0.4 is 24.8 Å². The first-order valence-electron chi connectivity index (χ1n) is 9.09. The van der Waals surface area contributed by atoms with E-state index in [1.807, 2.05) is 7.76 Å². The molecule has 1 unspecified atom stereocenters. The third-order valence-corrected chi connectivity index (χ3v) is 16.8. The van der Waals surface area contributed by atoms with Gasteiger partial charge in [-0.2, -0.15) is 0 Å². The van der Waals surface area contributed by atoms with Crippen molar-refractivity contribution in [1.29, 1.82) is 0 Å². The van der Waals surface area contributed by atoms with E-state index < -0.39 is 16.6 Å². The van der Waals surface area contributed by atoms with Crippen molar-refractivity contribution >= 4 is 6.19 Å². The van der Waals surface area contributed by atoms with Gasteiger partial charge in [0.1, 0.15) is 0 Å². The normalized spacial score (nSPS) is 18.9. The van der Waals surface area contributed by atoms with Crippen LogP contribution >= 0.6 is 0 Å². The Bertz CT molecular complexity index is 605. The summed E-state index contributed by atoms with van der Waals surface area (Å²) in [6, 6.07) is 0. The Hall–Kier alpha value is 0.471. The molecule has 0 spiro atoms. The summed E-state index contributed by atoms with van der Waals surface area (Å²) in [5, 5.41) is 0. The van der Waals surface area contributed by atoms with Crippen molar-refractivity contribution in [3.05, 3.63) is 42.7 Å². The zero-order valence-corrected chi connectivity index (χ0v) is 20.2. The molecule has 2 aliphatic rings. The van der Waals surface area contributed by atoms with Crippen LogP contribution in [0.25, 0.3) is 0 Å². The first-order valence-corrected chi connectivity index (χ1v) is 15.5. The fraction of sp³-hybridized carbons (Fsp3) is 0.600. The molecule has 0 bridgehead atoms. The predicted molar refractivity (Wildman–Crippen MR) is 98.0 cm³/mol. The smallest absolute Gasteiger partial charge is 1.00 e. The third-order valence-electron chi connectivity index (χ3n) is 5.20. The van der Waals surface area contributed by atoms with Gasteiger partial charge in [-0.25, -0.2) is 0 Å². The molecule has 0 heterocycles. The van der Waals surface area contributed by atoms with Crippen LogP contribution in [0.5, 0.6) is 0 Å². The number of halogens is 2. The van der Waals surface area contributed by atoms with Crippen LogP contribution in [0.4, 0.5) is 0 Å². The second kappa shape index (κ2) is 11.2. The molecule has 0 N–H and O–H groups in total. The quantitative estimate of drug-likeness (QED) is 0.552. The Morgan fingerprint density at radius 3 is 2.00 bits per heavy atom. The van der Waals surface area contributed by atoms with E-state index in [1.165, 1.54) is 32.1 Å². The van der Waals surface area contributed by atoms with Crippen LogP contribution in [0, 0.1) is 5.92 Å². The van der Waals surface area contributed by atoms with Crippen molar-refractivity contribution in [1.82, 2.24) is 0 Å². The van der Waals surface area contributed by atoms with Gasteiger partial charge in [-0.1, -0.05) is 0 Å². The Balaban J connectivity index is 0.00000264. The van der Waals surface area contributed by atoms with Crippen LogP contribution in [-0.4, -0.2) is 6.19 Å². The topological polar surface area (TPSA) is 0 Å². The summed E-state index contributed by atoms with van der Waals surface area (Å²) in [4.78, 5) is 0. The summed E-state index contributed by atoms with van der Waals surface area (Å²) in [6.45, 7) is 14.7. The van der Waals surface area contributed by atoms with Gasteiger partial charge in [0.2, 0.25) is 0 Å². The Labute approximate surface area is 168 Å². The molecular weight excluding hydrogens is 387 g/mol. The van der Waals surface area contributed by atoms with Gasteiger partial charge in [0.25, 0.3) is 0 Å².